The first-order chi connectivity index (χ1) is 10.6. The van der Waals surface area contributed by atoms with E-state index in [1.807, 2.05) is 31.2 Å². The molecule has 6 nitrogen and oxygen atoms in total. The molecule has 22 heavy (non-hydrogen) atoms. The highest BCUT2D eigenvalue weighted by Crippen LogP contribution is 2.19. The van der Waals surface area contributed by atoms with Crippen LogP contribution < -0.4 is 5.43 Å². The van der Waals surface area contributed by atoms with Gasteiger partial charge in [0.15, 0.2) is 0 Å². The number of H-pyrrole nitrogens is 1. The number of esters is 1. The lowest BCUT2D eigenvalue weighted by atomic mass is 10.2. The molecule has 0 radical (unpaired) electrons. The molecule has 0 saturated heterocycles. The summed E-state index contributed by atoms with van der Waals surface area (Å²) in [5, 5.41) is 9.30. The Morgan fingerprint density at radius 1 is 1.45 bits per heavy atom. The predicted molar refractivity (Wildman–Crippen MR) is 80.9 cm³/mol. The Morgan fingerprint density at radius 3 is 2.91 bits per heavy atom. The second kappa shape index (κ2) is 5.04. The largest absolute Gasteiger partial charge is 0.462 e. The highest BCUT2D eigenvalue weighted by molar-refractivity contribution is 5.92. The van der Waals surface area contributed by atoms with Crippen molar-refractivity contribution in [2.24, 2.45) is 0 Å². The molecule has 0 unspecified atom stereocenters. The zero-order valence-electron chi connectivity index (χ0n) is 12.1. The van der Waals surface area contributed by atoms with Gasteiger partial charge in [-0.25, -0.2) is 4.79 Å². The summed E-state index contributed by atoms with van der Waals surface area (Å²) >= 11 is 0. The zero-order valence-corrected chi connectivity index (χ0v) is 12.1. The first-order valence-electron chi connectivity index (χ1n) is 6.81. The molecule has 0 bridgehead atoms. The van der Waals surface area contributed by atoms with Gasteiger partial charge >= 0.3 is 5.97 Å². The lowest BCUT2D eigenvalue weighted by Crippen LogP contribution is -2.21. The Labute approximate surface area is 125 Å². The van der Waals surface area contributed by atoms with E-state index in [-0.39, 0.29) is 17.7 Å². The van der Waals surface area contributed by atoms with Crippen molar-refractivity contribution in [1.29, 1.82) is 5.26 Å². The maximum absolute atomic E-state index is 12.3. The molecule has 1 N–H and O–H groups in total. The summed E-state index contributed by atoms with van der Waals surface area (Å²) in [5.41, 5.74) is 2.13. The summed E-state index contributed by atoms with van der Waals surface area (Å²) in [6.45, 7) is 3.77. The molecular weight excluding hydrogens is 282 g/mol. The second-order valence-corrected chi connectivity index (χ2v) is 4.94. The van der Waals surface area contributed by atoms with E-state index in [0.717, 1.165) is 16.6 Å². The van der Waals surface area contributed by atoms with Crippen molar-refractivity contribution >= 4 is 22.6 Å². The number of nitriles is 1. The van der Waals surface area contributed by atoms with E-state index in [1.54, 1.807) is 11.3 Å². The van der Waals surface area contributed by atoms with Gasteiger partial charge in [-0.3, -0.25) is 9.20 Å². The number of hydrogen-bond acceptors (Lipinski definition) is 4. The number of aromatic nitrogens is 2. The summed E-state index contributed by atoms with van der Waals surface area (Å²) in [7, 11) is 0. The number of aryl methyl sites for hydroxylation is 1. The number of benzene rings is 1. The van der Waals surface area contributed by atoms with Crippen LogP contribution in [0.15, 0.2) is 29.2 Å². The van der Waals surface area contributed by atoms with Crippen LogP contribution in [0.25, 0.3) is 16.7 Å². The number of carbonyl (C=O) groups is 1. The third-order valence-corrected chi connectivity index (χ3v) is 3.48. The van der Waals surface area contributed by atoms with Crippen molar-refractivity contribution in [2.75, 3.05) is 6.61 Å². The Balaban J connectivity index is 2.44. The lowest BCUT2D eigenvalue weighted by molar-refractivity contribution is 0.0524. The molecule has 0 aliphatic carbocycles. The SMILES string of the molecule is CCOC(=O)c1cn2c([nH]c3cc(C)ccc32)c(C#N)c1=O. The number of imidazole rings is 1. The maximum Gasteiger partial charge on any atom is 0.343 e. The van der Waals surface area contributed by atoms with Gasteiger partial charge in [-0.2, -0.15) is 5.26 Å². The van der Waals surface area contributed by atoms with Gasteiger partial charge in [-0.1, -0.05) is 6.07 Å². The van der Waals surface area contributed by atoms with Crippen LogP contribution in [0.5, 0.6) is 0 Å². The Bertz CT molecular complexity index is 1010. The van der Waals surface area contributed by atoms with Gasteiger partial charge in [0.2, 0.25) is 5.43 Å². The van der Waals surface area contributed by atoms with Crippen LogP contribution in [0.3, 0.4) is 0 Å². The fourth-order valence-electron chi connectivity index (χ4n) is 2.47. The minimum Gasteiger partial charge on any atom is -0.462 e. The standard InChI is InChI=1S/C16H13N3O3/c1-3-22-16(21)11-8-19-13-5-4-9(2)6-12(13)18-15(19)10(7-17)14(11)20/h4-6,8,18H,3H2,1-2H3. The molecule has 3 rings (SSSR count). The third kappa shape index (κ3) is 1.95. The first-order valence-corrected chi connectivity index (χ1v) is 6.81. The van der Waals surface area contributed by atoms with Crippen molar-refractivity contribution in [3.63, 3.8) is 0 Å². The van der Waals surface area contributed by atoms with Crippen LogP contribution in [-0.4, -0.2) is 22.0 Å². The second-order valence-electron chi connectivity index (χ2n) is 4.94. The van der Waals surface area contributed by atoms with Crippen molar-refractivity contribution in [1.82, 2.24) is 9.38 Å². The van der Waals surface area contributed by atoms with E-state index in [2.05, 4.69) is 4.98 Å². The van der Waals surface area contributed by atoms with Crippen molar-refractivity contribution in [2.45, 2.75) is 13.8 Å². The summed E-state index contributed by atoms with van der Waals surface area (Å²) in [6, 6.07) is 7.58. The Morgan fingerprint density at radius 2 is 2.23 bits per heavy atom. The van der Waals surface area contributed by atoms with Gasteiger partial charge in [0.1, 0.15) is 22.8 Å². The van der Waals surface area contributed by atoms with E-state index in [0.29, 0.717) is 5.65 Å². The number of aromatic amines is 1. The van der Waals surface area contributed by atoms with Gasteiger partial charge < -0.3 is 9.72 Å². The number of rotatable bonds is 2. The fourth-order valence-corrected chi connectivity index (χ4v) is 2.47. The highest BCUT2D eigenvalue weighted by Gasteiger charge is 2.19. The van der Waals surface area contributed by atoms with Gasteiger partial charge in [-0.05, 0) is 31.5 Å². The molecule has 0 fully saturated rings. The summed E-state index contributed by atoms with van der Waals surface area (Å²) in [6.07, 6.45) is 1.42. The minimum absolute atomic E-state index is 0.0978. The van der Waals surface area contributed by atoms with Crippen molar-refractivity contribution < 1.29 is 9.53 Å². The molecule has 3 aromatic rings. The molecule has 6 heteroatoms. The lowest BCUT2D eigenvalue weighted by Gasteiger charge is -2.04. The molecule has 2 aromatic heterocycles. The third-order valence-electron chi connectivity index (χ3n) is 3.48. The molecule has 0 amide bonds. The molecule has 2 heterocycles. The van der Waals surface area contributed by atoms with Crippen LogP contribution >= 0.6 is 0 Å². The van der Waals surface area contributed by atoms with Crippen molar-refractivity contribution in [3.05, 3.63) is 51.3 Å². The van der Waals surface area contributed by atoms with Gasteiger partial charge in [0, 0.05) is 6.20 Å². The van der Waals surface area contributed by atoms with E-state index in [4.69, 9.17) is 4.74 Å². The number of nitrogens with zero attached hydrogens (tertiary/aromatic N) is 2. The zero-order chi connectivity index (χ0) is 15.9. The minimum atomic E-state index is -0.722. The molecule has 0 atom stereocenters. The molecule has 0 spiro atoms. The quantitative estimate of drug-likeness (QED) is 0.734. The van der Waals surface area contributed by atoms with Gasteiger partial charge in [-0.15, -0.1) is 0 Å². The van der Waals surface area contributed by atoms with Crippen LogP contribution in [-0.2, 0) is 4.74 Å². The molecule has 110 valence electrons. The topological polar surface area (TPSA) is 87.4 Å². The number of nitrogens with one attached hydrogen (secondary N) is 1. The fraction of sp³-hybridized carbons (Fsp3) is 0.188. The molecule has 0 aliphatic heterocycles. The van der Waals surface area contributed by atoms with Gasteiger partial charge in [0.25, 0.3) is 0 Å². The smallest absolute Gasteiger partial charge is 0.343 e. The number of fused-ring (bicyclic) bond motifs is 3. The van der Waals surface area contributed by atoms with Crippen molar-refractivity contribution in [3.8, 4) is 6.07 Å². The average molecular weight is 295 g/mol. The summed E-state index contributed by atoms with van der Waals surface area (Å²) < 4.78 is 6.53. The maximum atomic E-state index is 12.3. The normalized spacial score (nSPS) is 10.8. The number of ether oxygens (including phenoxy) is 1. The number of pyridine rings is 1. The number of carbonyl (C=O) groups excluding carboxylic acids is 1. The first kappa shape index (κ1) is 13.9. The van der Waals surface area contributed by atoms with E-state index < -0.39 is 11.4 Å². The average Bonchev–Trinajstić information content (AvgIpc) is 2.83. The monoisotopic (exact) mass is 295 g/mol. The predicted octanol–water partition coefficient (Wildman–Crippen LogP) is 2.14. The van der Waals surface area contributed by atoms with Crippen LogP contribution in [0.2, 0.25) is 0 Å². The molecular formula is C16H13N3O3. The Hall–Kier alpha value is -3.07. The number of hydrogen-bond donors (Lipinski definition) is 1. The summed E-state index contributed by atoms with van der Waals surface area (Å²) in [4.78, 5) is 27.3. The van der Waals surface area contributed by atoms with E-state index >= 15 is 0 Å². The van der Waals surface area contributed by atoms with E-state index in [1.165, 1.54) is 6.20 Å². The molecule has 0 aliphatic rings. The van der Waals surface area contributed by atoms with Gasteiger partial charge in [0.05, 0.1) is 17.6 Å². The van der Waals surface area contributed by atoms with E-state index in [9.17, 15) is 14.9 Å². The van der Waals surface area contributed by atoms with Crippen LogP contribution in [0, 0.1) is 18.3 Å². The van der Waals surface area contributed by atoms with Crippen LogP contribution in [0.1, 0.15) is 28.4 Å². The molecule has 1 aromatic carbocycles. The molecule has 0 saturated carbocycles. The summed E-state index contributed by atoms with van der Waals surface area (Å²) in [5.74, 6) is -0.722. The highest BCUT2D eigenvalue weighted by atomic mass is 16.5. The Kier molecular flexibility index (Phi) is 3.18. The van der Waals surface area contributed by atoms with Crippen LogP contribution in [0.4, 0.5) is 0 Å².